The Hall–Kier alpha value is -4.23. The Morgan fingerprint density at radius 3 is 1.64 bits per heavy atom. The van der Waals surface area contributed by atoms with Crippen LogP contribution in [0.5, 0.6) is 23.0 Å². The molecule has 2 saturated heterocycles. The lowest BCUT2D eigenvalue weighted by atomic mass is 10.1. The SMILES string of the molecule is O=C(CCc1ccc(OCC2CO2)cc1F)Oc1ccc(OC(=O)CCc2ccc(OCC3CO3)cc2F)c(C(F)(F)F)c1. The summed E-state index contributed by atoms with van der Waals surface area (Å²) in [4.78, 5) is 24.7. The normalized spacial score (nSPS) is 17.1. The van der Waals surface area contributed by atoms with Gasteiger partial charge in [0.15, 0.2) is 0 Å². The van der Waals surface area contributed by atoms with Gasteiger partial charge in [0.2, 0.25) is 0 Å². The van der Waals surface area contributed by atoms with Gasteiger partial charge < -0.3 is 28.4 Å². The molecule has 3 aromatic carbocycles. The van der Waals surface area contributed by atoms with Gasteiger partial charge in [-0.1, -0.05) is 12.1 Å². The molecule has 0 N–H and O–H groups in total. The lowest BCUT2D eigenvalue weighted by molar-refractivity contribution is -0.143. The average Bonchev–Trinajstić information content (AvgIpc) is 3.90. The van der Waals surface area contributed by atoms with Crippen molar-refractivity contribution in [3.63, 3.8) is 0 Å². The number of alkyl halides is 3. The maximum atomic E-state index is 14.4. The van der Waals surface area contributed by atoms with E-state index < -0.39 is 53.2 Å². The van der Waals surface area contributed by atoms with E-state index in [4.69, 9.17) is 28.4 Å². The summed E-state index contributed by atoms with van der Waals surface area (Å²) in [5, 5.41) is 0. The van der Waals surface area contributed by atoms with Crippen molar-refractivity contribution in [2.45, 2.75) is 44.1 Å². The highest BCUT2D eigenvalue weighted by Gasteiger charge is 2.36. The van der Waals surface area contributed by atoms with Gasteiger partial charge in [0.05, 0.1) is 26.1 Å². The maximum Gasteiger partial charge on any atom is 0.420 e. The third-order valence-electron chi connectivity index (χ3n) is 6.63. The van der Waals surface area contributed by atoms with Crippen LogP contribution in [-0.2, 0) is 38.1 Å². The van der Waals surface area contributed by atoms with E-state index in [1.54, 1.807) is 0 Å². The van der Waals surface area contributed by atoms with Crippen LogP contribution >= 0.6 is 0 Å². The van der Waals surface area contributed by atoms with E-state index in [9.17, 15) is 31.5 Å². The molecule has 0 aromatic heterocycles. The fraction of sp³-hybridized carbons (Fsp3) is 0.355. The second-order valence-electron chi connectivity index (χ2n) is 10.1. The first kappa shape index (κ1) is 31.2. The number of epoxide rings is 2. The van der Waals surface area contributed by atoms with Crippen molar-refractivity contribution in [1.29, 1.82) is 0 Å². The first-order valence-corrected chi connectivity index (χ1v) is 13.7. The number of ether oxygens (including phenoxy) is 6. The highest BCUT2D eigenvalue weighted by Crippen LogP contribution is 2.39. The highest BCUT2D eigenvalue weighted by molar-refractivity contribution is 5.74. The molecule has 0 amide bonds. The lowest BCUT2D eigenvalue weighted by Gasteiger charge is -2.15. The molecular weight excluding hydrogens is 595 g/mol. The van der Waals surface area contributed by atoms with Gasteiger partial charge in [0.1, 0.15) is 65.6 Å². The minimum atomic E-state index is -4.95. The molecule has 3 aromatic rings. The highest BCUT2D eigenvalue weighted by atomic mass is 19.4. The number of carbonyl (C=O) groups excluding carboxylic acids is 2. The van der Waals surface area contributed by atoms with Crippen molar-refractivity contribution in [3.05, 3.63) is 82.9 Å². The largest absolute Gasteiger partial charge is 0.491 e. The molecule has 5 rings (SSSR count). The molecule has 2 aliphatic heterocycles. The molecule has 0 radical (unpaired) electrons. The van der Waals surface area contributed by atoms with Gasteiger partial charge in [-0.05, 0) is 54.3 Å². The number of hydrogen-bond donors (Lipinski definition) is 0. The first-order chi connectivity index (χ1) is 21.0. The Bertz CT molecular complexity index is 1500. The van der Waals surface area contributed by atoms with Crippen LogP contribution in [0, 0.1) is 11.6 Å². The summed E-state index contributed by atoms with van der Waals surface area (Å²) in [6, 6.07) is 10.7. The fourth-order valence-electron chi connectivity index (χ4n) is 4.06. The van der Waals surface area contributed by atoms with Crippen molar-refractivity contribution in [2.75, 3.05) is 26.4 Å². The van der Waals surface area contributed by atoms with Crippen molar-refractivity contribution < 1.29 is 60.0 Å². The summed E-state index contributed by atoms with van der Waals surface area (Å²) < 4.78 is 101. The minimum absolute atomic E-state index is 0.0000566. The molecule has 2 aliphatic rings. The molecular formula is C31H27F5O8. The molecule has 0 bridgehead atoms. The average molecular weight is 623 g/mol. The van der Waals surface area contributed by atoms with Crippen LogP contribution in [0.2, 0.25) is 0 Å². The third kappa shape index (κ3) is 9.13. The Balaban J connectivity index is 1.13. The van der Waals surface area contributed by atoms with Gasteiger partial charge in [0.25, 0.3) is 0 Å². The van der Waals surface area contributed by atoms with E-state index in [1.165, 1.54) is 30.3 Å². The monoisotopic (exact) mass is 622 g/mol. The van der Waals surface area contributed by atoms with Gasteiger partial charge in [-0.15, -0.1) is 0 Å². The predicted molar refractivity (Wildman–Crippen MR) is 143 cm³/mol. The van der Waals surface area contributed by atoms with E-state index in [0.29, 0.717) is 31.6 Å². The number of rotatable bonds is 14. The summed E-state index contributed by atoms with van der Waals surface area (Å²) >= 11 is 0. The molecule has 44 heavy (non-hydrogen) atoms. The molecule has 2 unspecified atom stereocenters. The minimum Gasteiger partial charge on any atom is -0.491 e. The van der Waals surface area contributed by atoms with Crippen LogP contribution in [0.25, 0.3) is 0 Å². The predicted octanol–water partition coefficient (Wildman–Crippen LogP) is 5.62. The van der Waals surface area contributed by atoms with Crippen LogP contribution < -0.4 is 18.9 Å². The smallest absolute Gasteiger partial charge is 0.420 e. The zero-order valence-electron chi connectivity index (χ0n) is 23.2. The fourth-order valence-corrected chi connectivity index (χ4v) is 4.06. The number of benzene rings is 3. The standard InChI is InChI=1S/C31H27F5O8/c32-26-12-20(39-14-23-16-41-23)5-1-18(26)3-9-29(37)43-22-7-8-28(25(11-22)31(34,35)36)44-30(38)10-4-19-2-6-21(13-27(19)33)40-15-24-17-42-24/h1-2,5-8,11-13,23-24H,3-4,9-10,14-17H2. The summed E-state index contributed by atoms with van der Waals surface area (Å²) in [7, 11) is 0. The van der Waals surface area contributed by atoms with E-state index in [2.05, 4.69) is 0 Å². The summed E-state index contributed by atoms with van der Waals surface area (Å²) in [5.41, 5.74) is -0.993. The van der Waals surface area contributed by atoms with E-state index >= 15 is 0 Å². The number of esters is 2. The number of carbonyl (C=O) groups is 2. The number of aryl methyl sites for hydroxylation is 2. The van der Waals surface area contributed by atoms with E-state index in [-0.39, 0.29) is 55.0 Å². The number of halogens is 5. The van der Waals surface area contributed by atoms with Gasteiger partial charge in [-0.25, -0.2) is 8.78 Å². The molecule has 234 valence electrons. The lowest BCUT2D eigenvalue weighted by Crippen LogP contribution is -2.15. The van der Waals surface area contributed by atoms with Crippen LogP contribution in [0.3, 0.4) is 0 Å². The van der Waals surface area contributed by atoms with Gasteiger partial charge in [-0.2, -0.15) is 13.2 Å². The van der Waals surface area contributed by atoms with Crippen molar-refractivity contribution >= 4 is 11.9 Å². The zero-order chi connectivity index (χ0) is 31.3. The topological polar surface area (TPSA) is 96.1 Å². The third-order valence-corrected chi connectivity index (χ3v) is 6.63. The van der Waals surface area contributed by atoms with E-state index in [0.717, 1.165) is 18.2 Å². The van der Waals surface area contributed by atoms with Crippen LogP contribution in [0.1, 0.15) is 29.5 Å². The van der Waals surface area contributed by atoms with Crippen molar-refractivity contribution in [3.8, 4) is 23.0 Å². The molecule has 2 heterocycles. The van der Waals surface area contributed by atoms with Crippen LogP contribution in [-0.4, -0.2) is 50.6 Å². The molecule has 0 spiro atoms. The summed E-state index contributed by atoms with van der Waals surface area (Å²) in [6.07, 6.45) is -5.87. The Morgan fingerprint density at radius 2 is 1.18 bits per heavy atom. The summed E-state index contributed by atoms with van der Waals surface area (Å²) in [5.74, 6) is -3.81. The Labute approximate surface area is 248 Å². The first-order valence-electron chi connectivity index (χ1n) is 13.7. The molecule has 13 heteroatoms. The number of hydrogen-bond acceptors (Lipinski definition) is 8. The van der Waals surface area contributed by atoms with E-state index in [1.807, 2.05) is 0 Å². The van der Waals surface area contributed by atoms with Crippen LogP contribution in [0.15, 0.2) is 54.6 Å². The van der Waals surface area contributed by atoms with Gasteiger partial charge in [-0.3, -0.25) is 9.59 Å². The molecule has 8 nitrogen and oxygen atoms in total. The zero-order valence-corrected chi connectivity index (χ0v) is 23.2. The second kappa shape index (κ2) is 13.6. The van der Waals surface area contributed by atoms with Crippen molar-refractivity contribution in [2.24, 2.45) is 0 Å². The van der Waals surface area contributed by atoms with Crippen LogP contribution in [0.4, 0.5) is 22.0 Å². The second-order valence-corrected chi connectivity index (χ2v) is 10.1. The molecule has 2 fully saturated rings. The maximum absolute atomic E-state index is 14.4. The molecule has 0 saturated carbocycles. The Kier molecular flexibility index (Phi) is 9.64. The quantitative estimate of drug-likeness (QED) is 0.0991. The molecule has 2 atom stereocenters. The van der Waals surface area contributed by atoms with Gasteiger partial charge in [0, 0.05) is 12.1 Å². The Morgan fingerprint density at radius 1 is 0.705 bits per heavy atom. The summed E-state index contributed by atoms with van der Waals surface area (Å²) in [6.45, 7) is 1.75. The van der Waals surface area contributed by atoms with Gasteiger partial charge >= 0.3 is 18.1 Å². The van der Waals surface area contributed by atoms with Crippen molar-refractivity contribution in [1.82, 2.24) is 0 Å². The molecule has 0 aliphatic carbocycles.